The summed E-state index contributed by atoms with van der Waals surface area (Å²) >= 11 is 0. The third kappa shape index (κ3) is 2.79. The molecule has 3 aromatic rings. The standard InChI is InChI=1S/C18H14N4/c1-13(11-14-5-3-2-4-6-14)15-7-9-16(10-8-15)18-17(12-19)20-22-21-18/h2-11H,1H3,(H,20,21,22). The molecule has 0 radical (unpaired) electrons. The molecule has 3 rings (SSSR count). The van der Waals surface area contributed by atoms with E-state index in [4.69, 9.17) is 5.26 Å². The van der Waals surface area contributed by atoms with Gasteiger partial charge in [-0.05, 0) is 23.6 Å². The maximum absolute atomic E-state index is 8.99. The van der Waals surface area contributed by atoms with Crippen molar-refractivity contribution >= 4 is 11.6 Å². The second-order valence-electron chi connectivity index (χ2n) is 4.96. The number of nitriles is 1. The van der Waals surface area contributed by atoms with Crippen LogP contribution < -0.4 is 0 Å². The first-order valence-corrected chi connectivity index (χ1v) is 6.93. The number of nitrogens with zero attached hydrogens (tertiary/aromatic N) is 3. The van der Waals surface area contributed by atoms with Crippen LogP contribution in [0.25, 0.3) is 22.9 Å². The molecule has 0 fully saturated rings. The summed E-state index contributed by atoms with van der Waals surface area (Å²) in [4.78, 5) is 0. The van der Waals surface area contributed by atoms with E-state index < -0.39 is 0 Å². The van der Waals surface area contributed by atoms with Crippen molar-refractivity contribution in [2.24, 2.45) is 0 Å². The first kappa shape index (κ1) is 13.8. The number of H-pyrrole nitrogens is 1. The predicted molar refractivity (Wildman–Crippen MR) is 86.5 cm³/mol. The minimum absolute atomic E-state index is 0.310. The van der Waals surface area contributed by atoms with Crippen molar-refractivity contribution < 1.29 is 0 Å². The van der Waals surface area contributed by atoms with Crippen molar-refractivity contribution in [2.45, 2.75) is 6.92 Å². The molecule has 0 aliphatic rings. The van der Waals surface area contributed by atoms with Crippen LogP contribution in [0.3, 0.4) is 0 Å². The van der Waals surface area contributed by atoms with Crippen LogP contribution in [0.1, 0.15) is 23.7 Å². The molecule has 1 N–H and O–H groups in total. The van der Waals surface area contributed by atoms with Crippen LogP contribution in [0.2, 0.25) is 0 Å². The summed E-state index contributed by atoms with van der Waals surface area (Å²) in [5.74, 6) is 0. The highest BCUT2D eigenvalue weighted by Crippen LogP contribution is 2.23. The summed E-state index contributed by atoms with van der Waals surface area (Å²) in [6.07, 6.45) is 2.15. The lowest BCUT2D eigenvalue weighted by atomic mass is 10.0. The Labute approximate surface area is 128 Å². The maximum atomic E-state index is 8.99. The lowest BCUT2D eigenvalue weighted by Crippen LogP contribution is -1.85. The molecule has 2 aromatic carbocycles. The molecule has 0 atom stereocenters. The van der Waals surface area contributed by atoms with E-state index in [1.807, 2.05) is 48.5 Å². The zero-order valence-corrected chi connectivity index (χ0v) is 12.1. The van der Waals surface area contributed by atoms with Gasteiger partial charge in [0.15, 0.2) is 5.69 Å². The molecular formula is C18H14N4. The summed E-state index contributed by atoms with van der Waals surface area (Å²) in [5, 5.41) is 19.2. The number of hydrogen-bond donors (Lipinski definition) is 1. The Bertz CT molecular complexity index is 837. The van der Waals surface area contributed by atoms with Gasteiger partial charge in [0, 0.05) is 5.56 Å². The van der Waals surface area contributed by atoms with Gasteiger partial charge in [-0.3, -0.25) is 5.10 Å². The summed E-state index contributed by atoms with van der Waals surface area (Å²) < 4.78 is 0. The highest BCUT2D eigenvalue weighted by atomic mass is 15.3. The van der Waals surface area contributed by atoms with Crippen molar-refractivity contribution in [3.05, 3.63) is 71.4 Å². The molecule has 1 aromatic heterocycles. The zero-order chi connectivity index (χ0) is 15.4. The average Bonchev–Trinajstić information content (AvgIpc) is 3.04. The van der Waals surface area contributed by atoms with E-state index >= 15 is 0 Å². The first-order chi connectivity index (χ1) is 10.8. The SMILES string of the molecule is CC(=Cc1ccccc1)c1ccc(-c2[nH]nnc2C#N)cc1. The Kier molecular flexibility index (Phi) is 3.80. The molecule has 0 amide bonds. The van der Waals surface area contributed by atoms with E-state index in [1.165, 1.54) is 11.1 Å². The second-order valence-corrected chi connectivity index (χ2v) is 4.96. The fraction of sp³-hybridized carbons (Fsp3) is 0.0556. The van der Waals surface area contributed by atoms with E-state index in [2.05, 4.69) is 40.5 Å². The largest absolute Gasteiger partial charge is 0.256 e. The summed E-state index contributed by atoms with van der Waals surface area (Å²) in [6, 6.07) is 20.2. The van der Waals surface area contributed by atoms with Crippen LogP contribution in [0, 0.1) is 11.3 Å². The van der Waals surface area contributed by atoms with Gasteiger partial charge < -0.3 is 0 Å². The molecule has 0 saturated heterocycles. The number of aromatic nitrogens is 3. The van der Waals surface area contributed by atoms with Crippen LogP contribution >= 0.6 is 0 Å². The first-order valence-electron chi connectivity index (χ1n) is 6.93. The van der Waals surface area contributed by atoms with Gasteiger partial charge in [0.2, 0.25) is 0 Å². The maximum Gasteiger partial charge on any atom is 0.190 e. The van der Waals surface area contributed by atoms with Crippen molar-refractivity contribution in [2.75, 3.05) is 0 Å². The summed E-state index contributed by atoms with van der Waals surface area (Å²) in [6.45, 7) is 2.08. The van der Waals surface area contributed by atoms with E-state index in [0.29, 0.717) is 11.4 Å². The van der Waals surface area contributed by atoms with E-state index in [1.54, 1.807) is 0 Å². The molecule has 0 bridgehead atoms. The Hall–Kier alpha value is -3.19. The highest BCUT2D eigenvalue weighted by Gasteiger charge is 2.08. The molecule has 0 unspecified atom stereocenters. The third-order valence-electron chi connectivity index (χ3n) is 3.47. The fourth-order valence-corrected chi connectivity index (χ4v) is 2.29. The van der Waals surface area contributed by atoms with Crippen molar-refractivity contribution in [1.29, 1.82) is 5.26 Å². The molecule has 0 aliphatic heterocycles. The smallest absolute Gasteiger partial charge is 0.190 e. The topological polar surface area (TPSA) is 65.4 Å². The van der Waals surface area contributed by atoms with Crippen molar-refractivity contribution in [1.82, 2.24) is 15.4 Å². The third-order valence-corrected chi connectivity index (χ3v) is 3.47. The Morgan fingerprint density at radius 1 is 1.09 bits per heavy atom. The van der Waals surface area contributed by atoms with Gasteiger partial charge in [0.05, 0.1) is 0 Å². The van der Waals surface area contributed by atoms with Gasteiger partial charge in [0.1, 0.15) is 11.8 Å². The number of rotatable bonds is 3. The second kappa shape index (κ2) is 6.06. The van der Waals surface area contributed by atoms with Crippen molar-refractivity contribution in [3.8, 4) is 17.3 Å². The van der Waals surface area contributed by atoms with Gasteiger partial charge in [-0.2, -0.15) is 5.26 Å². The van der Waals surface area contributed by atoms with Gasteiger partial charge >= 0.3 is 0 Å². The number of nitrogens with one attached hydrogen (secondary N) is 1. The number of allylic oxidation sites excluding steroid dienone is 1. The van der Waals surface area contributed by atoms with Crippen LogP contribution in [-0.4, -0.2) is 15.4 Å². The Morgan fingerprint density at radius 2 is 1.82 bits per heavy atom. The monoisotopic (exact) mass is 286 g/mol. The minimum atomic E-state index is 0.310. The quantitative estimate of drug-likeness (QED) is 0.742. The lowest BCUT2D eigenvalue weighted by molar-refractivity contribution is 0.937. The molecule has 0 aliphatic carbocycles. The minimum Gasteiger partial charge on any atom is -0.256 e. The normalized spacial score (nSPS) is 11.2. The molecule has 4 nitrogen and oxygen atoms in total. The summed E-state index contributed by atoms with van der Waals surface area (Å²) in [5.41, 5.74) is 5.36. The average molecular weight is 286 g/mol. The predicted octanol–water partition coefficient (Wildman–Crippen LogP) is 3.90. The van der Waals surface area contributed by atoms with Gasteiger partial charge in [-0.15, -0.1) is 5.10 Å². The molecule has 1 heterocycles. The van der Waals surface area contributed by atoms with Crippen LogP contribution in [0.5, 0.6) is 0 Å². The van der Waals surface area contributed by atoms with Gasteiger partial charge in [-0.25, -0.2) is 0 Å². The number of aromatic amines is 1. The molecule has 22 heavy (non-hydrogen) atoms. The molecule has 106 valence electrons. The zero-order valence-electron chi connectivity index (χ0n) is 12.1. The fourth-order valence-electron chi connectivity index (χ4n) is 2.29. The number of benzene rings is 2. The molecular weight excluding hydrogens is 272 g/mol. The van der Waals surface area contributed by atoms with Crippen LogP contribution in [-0.2, 0) is 0 Å². The highest BCUT2D eigenvalue weighted by molar-refractivity contribution is 5.81. The van der Waals surface area contributed by atoms with E-state index in [9.17, 15) is 0 Å². The van der Waals surface area contributed by atoms with Gasteiger partial charge in [-0.1, -0.05) is 65.9 Å². The summed E-state index contributed by atoms with van der Waals surface area (Å²) in [7, 11) is 0. The van der Waals surface area contributed by atoms with Gasteiger partial charge in [0.25, 0.3) is 0 Å². The Morgan fingerprint density at radius 3 is 2.50 bits per heavy atom. The lowest BCUT2D eigenvalue weighted by Gasteiger charge is -2.04. The van der Waals surface area contributed by atoms with E-state index in [0.717, 1.165) is 11.1 Å². The molecule has 0 saturated carbocycles. The molecule has 4 heteroatoms. The van der Waals surface area contributed by atoms with E-state index in [-0.39, 0.29) is 0 Å². The van der Waals surface area contributed by atoms with Crippen LogP contribution in [0.15, 0.2) is 54.6 Å². The Balaban J connectivity index is 1.89. The molecule has 0 spiro atoms. The van der Waals surface area contributed by atoms with Crippen molar-refractivity contribution in [3.63, 3.8) is 0 Å². The number of hydrogen-bond acceptors (Lipinski definition) is 3. The van der Waals surface area contributed by atoms with Crippen LogP contribution in [0.4, 0.5) is 0 Å².